The van der Waals surface area contributed by atoms with E-state index >= 15 is 0 Å². The molecule has 0 aliphatic carbocycles. The van der Waals surface area contributed by atoms with Gasteiger partial charge in [0.05, 0.1) is 6.61 Å². The number of morpholine rings is 1. The number of carbonyl (C=O) groups is 2. The standard InChI is InChI=1S/C16H21N3O3.ClH/c20-15-6-1-2-8-19(15)13-5-3-4-12(10-13)18-16(21)14-11-17-7-9-22-14;/h3-5,10,14,17H,1-2,6-9,11H2,(H,18,21);1H. The molecule has 2 fully saturated rings. The summed E-state index contributed by atoms with van der Waals surface area (Å²) in [6.45, 7) is 2.58. The Labute approximate surface area is 142 Å². The van der Waals surface area contributed by atoms with E-state index in [1.165, 1.54) is 0 Å². The quantitative estimate of drug-likeness (QED) is 0.876. The number of halogens is 1. The Hall–Kier alpha value is -1.63. The summed E-state index contributed by atoms with van der Waals surface area (Å²) >= 11 is 0. The van der Waals surface area contributed by atoms with Crippen molar-refractivity contribution in [3.05, 3.63) is 24.3 Å². The van der Waals surface area contributed by atoms with E-state index in [1.807, 2.05) is 24.3 Å². The van der Waals surface area contributed by atoms with Crippen LogP contribution in [0.2, 0.25) is 0 Å². The number of carbonyl (C=O) groups excluding carboxylic acids is 2. The van der Waals surface area contributed by atoms with Crippen molar-refractivity contribution < 1.29 is 14.3 Å². The fourth-order valence-corrected chi connectivity index (χ4v) is 2.79. The van der Waals surface area contributed by atoms with Crippen molar-refractivity contribution >= 4 is 35.6 Å². The molecule has 1 aromatic rings. The van der Waals surface area contributed by atoms with Crippen LogP contribution in [-0.4, -0.2) is 44.2 Å². The van der Waals surface area contributed by atoms with Crippen LogP contribution in [0.25, 0.3) is 0 Å². The Kier molecular flexibility index (Phi) is 6.38. The molecule has 2 saturated heterocycles. The number of ether oxygens (including phenoxy) is 1. The van der Waals surface area contributed by atoms with Crippen LogP contribution in [-0.2, 0) is 14.3 Å². The number of rotatable bonds is 3. The van der Waals surface area contributed by atoms with Gasteiger partial charge in [0.2, 0.25) is 5.91 Å². The first-order valence-electron chi connectivity index (χ1n) is 7.78. The minimum Gasteiger partial charge on any atom is -0.366 e. The van der Waals surface area contributed by atoms with Gasteiger partial charge in [0.25, 0.3) is 5.91 Å². The van der Waals surface area contributed by atoms with Gasteiger partial charge in [-0.2, -0.15) is 0 Å². The lowest BCUT2D eigenvalue weighted by molar-refractivity contribution is -0.128. The van der Waals surface area contributed by atoms with Gasteiger partial charge in [-0.3, -0.25) is 9.59 Å². The van der Waals surface area contributed by atoms with Crippen molar-refractivity contribution in [2.24, 2.45) is 0 Å². The van der Waals surface area contributed by atoms with E-state index in [4.69, 9.17) is 4.74 Å². The van der Waals surface area contributed by atoms with Crippen LogP contribution in [0.15, 0.2) is 24.3 Å². The van der Waals surface area contributed by atoms with E-state index in [1.54, 1.807) is 4.90 Å². The predicted molar refractivity (Wildman–Crippen MR) is 91.1 cm³/mol. The van der Waals surface area contributed by atoms with Crippen LogP contribution < -0.4 is 15.5 Å². The average Bonchev–Trinajstić information content (AvgIpc) is 2.56. The summed E-state index contributed by atoms with van der Waals surface area (Å²) < 4.78 is 5.44. The molecule has 0 aromatic heterocycles. The number of amides is 2. The van der Waals surface area contributed by atoms with Gasteiger partial charge in [-0.25, -0.2) is 0 Å². The normalized spacial score (nSPS) is 21.5. The van der Waals surface area contributed by atoms with Crippen LogP contribution in [0.1, 0.15) is 19.3 Å². The highest BCUT2D eigenvalue weighted by Gasteiger charge is 2.23. The van der Waals surface area contributed by atoms with Crippen molar-refractivity contribution in [2.45, 2.75) is 25.4 Å². The first-order valence-corrected chi connectivity index (χ1v) is 7.78. The summed E-state index contributed by atoms with van der Waals surface area (Å²) in [5.74, 6) is -0.0103. The fourth-order valence-electron chi connectivity index (χ4n) is 2.79. The van der Waals surface area contributed by atoms with Crippen molar-refractivity contribution in [3.63, 3.8) is 0 Å². The van der Waals surface area contributed by atoms with Crippen molar-refractivity contribution in [3.8, 4) is 0 Å². The van der Waals surface area contributed by atoms with E-state index in [-0.39, 0.29) is 24.2 Å². The molecule has 2 heterocycles. The van der Waals surface area contributed by atoms with E-state index in [9.17, 15) is 9.59 Å². The maximum Gasteiger partial charge on any atom is 0.254 e. The molecule has 2 aliphatic rings. The fraction of sp³-hybridized carbons (Fsp3) is 0.500. The maximum absolute atomic E-state index is 12.2. The number of nitrogens with one attached hydrogen (secondary N) is 2. The molecule has 2 amide bonds. The van der Waals surface area contributed by atoms with Crippen LogP contribution in [0.3, 0.4) is 0 Å². The summed E-state index contributed by atoms with van der Waals surface area (Å²) in [4.78, 5) is 25.9. The largest absolute Gasteiger partial charge is 0.366 e. The van der Waals surface area contributed by atoms with E-state index in [2.05, 4.69) is 10.6 Å². The summed E-state index contributed by atoms with van der Waals surface area (Å²) in [6.07, 6.45) is 2.11. The molecule has 126 valence electrons. The highest BCUT2D eigenvalue weighted by Crippen LogP contribution is 2.24. The Morgan fingerprint density at radius 3 is 2.96 bits per heavy atom. The third-order valence-electron chi connectivity index (χ3n) is 3.97. The predicted octanol–water partition coefficient (Wildman–Crippen LogP) is 1.55. The molecule has 0 spiro atoms. The zero-order chi connectivity index (χ0) is 15.4. The van der Waals surface area contributed by atoms with Gasteiger partial charge in [0.15, 0.2) is 0 Å². The Morgan fingerprint density at radius 2 is 2.22 bits per heavy atom. The molecule has 1 aromatic carbocycles. The third-order valence-corrected chi connectivity index (χ3v) is 3.97. The minimum absolute atomic E-state index is 0. The number of anilines is 2. The molecule has 1 atom stereocenters. The molecule has 6 nitrogen and oxygen atoms in total. The summed E-state index contributed by atoms with van der Waals surface area (Å²) in [5, 5.41) is 6.00. The van der Waals surface area contributed by atoms with Gasteiger partial charge in [-0.15, -0.1) is 12.4 Å². The molecular formula is C16H22ClN3O3. The molecular weight excluding hydrogens is 318 g/mol. The number of hydrogen-bond donors (Lipinski definition) is 2. The van der Waals surface area contributed by atoms with Crippen molar-refractivity contribution in [2.75, 3.05) is 36.5 Å². The van der Waals surface area contributed by atoms with Crippen LogP contribution in [0.4, 0.5) is 11.4 Å². The molecule has 1 unspecified atom stereocenters. The zero-order valence-electron chi connectivity index (χ0n) is 12.9. The smallest absolute Gasteiger partial charge is 0.254 e. The monoisotopic (exact) mass is 339 g/mol. The van der Waals surface area contributed by atoms with Gasteiger partial charge in [0, 0.05) is 37.4 Å². The highest BCUT2D eigenvalue weighted by molar-refractivity contribution is 5.97. The number of hydrogen-bond acceptors (Lipinski definition) is 4. The topological polar surface area (TPSA) is 70.7 Å². The average molecular weight is 340 g/mol. The molecule has 23 heavy (non-hydrogen) atoms. The van der Waals surface area contributed by atoms with Crippen molar-refractivity contribution in [1.82, 2.24) is 5.32 Å². The molecule has 0 saturated carbocycles. The second-order valence-corrected chi connectivity index (χ2v) is 5.61. The lowest BCUT2D eigenvalue weighted by atomic mass is 10.1. The lowest BCUT2D eigenvalue weighted by Gasteiger charge is -2.27. The number of piperidine rings is 1. The van der Waals surface area contributed by atoms with E-state index in [0.29, 0.717) is 25.3 Å². The highest BCUT2D eigenvalue weighted by atomic mass is 35.5. The van der Waals surface area contributed by atoms with Gasteiger partial charge in [0.1, 0.15) is 6.10 Å². The number of nitrogens with zero attached hydrogens (tertiary/aromatic N) is 1. The Morgan fingerprint density at radius 1 is 1.35 bits per heavy atom. The van der Waals surface area contributed by atoms with Gasteiger partial charge < -0.3 is 20.3 Å². The van der Waals surface area contributed by atoms with Gasteiger partial charge in [-0.1, -0.05) is 6.07 Å². The Balaban J connectivity index is 0.00000192. The van der Waals surface area contributed by atoms with Gasteiger partial charge >= 0.3 is 0 Å². The molecule has 2 N–H and O–H groups in total. The third kappa shape index (κ3) is 4.43. The van der Waals surface area contributed by atoms with Gasteiger partial charge in [-0.05, 0) is 31.0 Å². The number of benzene rings is 1. The molecule has 3 rings (SSSR count). The molecule has 7 heteroatoms. The molecule has 0 radical (unpaired) electrons. The lowest BCUT2D eigenvalue weighted by Crippen LogP contribution is -2.45. The van der Waals surface area contributed by atoms with E-state index in [0.717, 1.165) is 31.6 Å². The van der Waals surface area contributed by atoms with Crippen LogP contribution in [0.5, 0.6) is 0 Å². The maximum atomic E-state index is 12.2. The molecule has 2 aliphatic heterocycles. The van der Waals surface area contributed by atoms with E-state index < -0.39 is 6.10 Å². The van der Waals surface area contributed by atoms with Crippen LogP contribution >= 0.6 is 12.4 Å². The Bertz CT molecular complexity index is 561. The zero-order valence-corrected chi connectivity index (χ0v) is 13.7. The molecule has 0 bridgehead atoms. The first-order chi connectivity index (χ1) is 10.7. The summed E-state index contributed by atoms with van der Waals surface area (Å²) in [6, 6.07) is 7.42. The SMILES string of the molecule is Cl.O=C(Nc1cccc(N2CCCCC2=O)c1)C1CNCCO1. The van der Waals surface area contributed by atoms with Crippen molar-refractivity contribution in [1.29, 1.82) is 0 Å². The summed E-state index contributed by atoms with van der Waals surface area (Å²) in [5.41, 5.74) is 1.53. The van der Waals surface area contributed by atoms with Crippen LogP contribution in [0, 0.1) is 0 Å². The minimum atomic E-state index is -0.464. The second-order valence-electron chi connectivity index (χ2n) is 5.61. The second kappa shape index (κ2) is 8.29. The first kappa shape index (κ1) is 17.7. The summed E-state index contributed by atoms with van der Waals surface area (Å²) in [7, 11) is 0.